The molecule has 2 aromatic heterocycles. The first-order valence-electron chi connectivity index (χ1n) is 15.9. The van der Waals surface area contributed by atoms with Gasteiger partial charge in [-0.05, 0) is 55.2 Å². The molecule has 3 saturated heterocycles. The minimum atomic E-state index is -0.815. The standard InChI is InChI=1S/C35H34F2N8O3/c1-4-24-26(36)7-6-21-18-23(46)19-25(28(21)24)30-29(37)31-32(42-41-30)33(44-16-13-38-14-17-44)40-27(39-31)9-12-35-10-5-15-45(35)22(8-11-35)20-48-34(47)43(2)3/h1,6-7,18-19,22,38,46H,5,8,10-11,13-17,20H2,2-3H3/t22-,35-/m1/s1. The number of benzene rings is 2. The molecule has 5 heterocycles. The molecule has 246 valence electrons. The first kappa shape index (κ1) is 31.5. The van der Waals surface area contributed by atoms with Crippen LogP contribution in [-0.4, -0.2) is 106 Å². The number of rotatable bonds is 4. The van der Waals surface area contributed by atoms with Gasteiger partial charge in [0, 0.05) is 63.8 Å². The number of phenolic OH excluding ortho intramolecular Hbond substituents is 1. The largest absolute Gasteiger partial charge is 0.508 e. The van der Waals surface area contributed by atoms with Gasteiger partial charge in [-0.3, -0.25) is 4.90 Å². The number of nitrogens with one attached hydrogen (secondary N) is 1. The van der Waals surface area contributed by atoms with Crippen LogP contribution in [0.1, 0.15) is 37.1 Å². The quantitative estimate of drug-likeness (QED) is 0.316. The summed E-state index contributed by atoms with van der Waals surface area (Å²) in [6.07, 6.45) is 8.70. The Morgan fingerprint density at radius 3 is 2.73 bits per heavy atom. The lowest BCUT2D eigenvalue weighted by atomic mass is 9.95. The fraction of sp³-hybridized carbons (Fsp3) is 0.400. The second-order valence-corrected chi connectivity index (χ2v) is 12.6. The van der Waals surface area contributed by atoms with Gasteiger partial charge in [-0.2, -0.15) is 0 Å². The van der Waals surface area contributed by atoms with E-state index < -0.39 is 17.2 Å². The van der Waals surface area contributed by atoms with Crippen molar-refractivity contribution in [3.8, 4) is 41.2 Å². The number of carbonyl (C=O) groups excluding carboxylic acids is 1. The Kier molecular flexibility index (Phi) is 8.19. The van der Waals surface area contributed by atoms with Crippen LogP contribution < -0.4 is 10.2 Å². The third-order valence-electron chi connectivity index (χ3n) is 9.44. The van der Waals surface area contributed by atoms with Crippen molar-refractivity contribution in [2.75, 3.05) is 58.3 Å². The van der Waals surface area contributed by atoms with E-state index in [4.69, 9.17) is 16.1 Å². The maximum atomic E-state index is 16.7. The zero-order valence-corrected chi connectivity index (χ0v) is 26.7. The van der Waals surface area contributed by atoms with Gasteiger partial charge in [0.2, 0.25) is 5.82 Å². The average molecular weight is 653 g/mol. The molecule has 0 aliphatic carbocycles. The molecule has 4 aromatic rings. The van der Waals surface area contributed by atoms with Gasteiger partial charge in [0.15, 0.2) is 17.2 Å². The van der Waals surface area contributed by atoms with Crippen molar-refractivity contribution in [1.29, 1.82) is 0 Å². The van der Waals surface area contributed by atoms with Crippen LogP contribution in [0.15, 0.2) is 24.3 Å². The van der Waals surface area contributed by atoms with Crippen LogP contribution >= 0.6 is 0 Å². The molecular formula is C35H34F2N8O3. The van der Waals surface area contributed by atoms with Crippen LogP contribution in [0.4, 0.5) is 19.4 Å². The van der Waals surface area contributed by atoms with E-state index in [1.54, 1.807) is 14.1 Å². The third-order valence-corrected chi connectivity index (χ3v) is 9.44. The smallest absolute Gasteiger partial charge is 0.409 e. The zero-order chi connectivity index (χ0) is 33.6. The van der Waals surface area contributed by atoms with Crippen LogP contribution in [0.25, 0.3) is 33.1 Å². The molecule has 0 unspecified atom stereocenters. The lowest BCUT2D eigenvalue weighted by Crippen LogP contribution is -2.44. The molecule has 48 heavy (non-hydrogen) atoms. The predicted molar refractivity (Wildman–Crippen MR) is 176 cm³/mol. The fourth-order valence-corrected chi connectivity index (χ4v) is 7.12. The summed E-state index contributed by atoms with van der Waals surface area (Å²) in [6, 6.07) is 5.43. The first-order valence-corrected chi connectivity index (χ1v) is 15.9. The minimum Gasteiger partial charge on any atom is -0.508 e. The van der Waals surface area contributed by atoms with Gasteiger partial charge in [0.1, 0.15) is 29.4 Å². The van der Waals surface area contributed by atoms with Crippen molar-refractivity contribution < 1.29 is 23.4 Å². The first-order chi connectivity index (χ1) is 23.2. The number of phenols is 1. The number of amides is 1. The Balaban J connectivity index is 1.34. The minimum absolute atomic E-state index is 0.0461. The molecule has 0 radical (unpaired) electrons. The Morgan fingerprint density at radius 2 is 1.96 bits per heavy atom. The van der Waals surface area contributed by atoms with Crippen LogP contribution in [0, 0.1) is 35.8 Å². The predicted octanol–water partition coefficient (Wildman–Crippen LogP) is 3.66. The summed E-state index contributed by atoms with van der Waals surface area (Å²) in [5.74, 6) is 7.88. The monoisotopic (exact) mass is 652 g/mol. The molecule has 3 aliphatic heterocycles. The summed E-state index contributed by atoms with van der Waals surface area (Å²) in [7, 11) is 3.30. The van der Waals surface area contributed by atoms with Gasteiger partial charge in [-0.1, -0.05) is 17.9 Å². The van der Waals surface area contributed by atoms with E-state index in [2.05, 4.69) is 43.2 Å². The van der Waals surface area contributed by atoms with Crippen molar-refractivity contribution >= 4 is 33.7 Å². The third kappa shape index (κ3) is 5.49. The second kappa shape index (κ2) is 12.5. The number of hydrogen-bond acceptors (Lipinski definition) is 10. The van der Waals surface area contributed by atoms with E-state index in [0.717, 1.165) is 32.2 Å². The maximum Gasteiger partial charge on any atom is 0.409 e. The number of piperazine rings is 1. The molecule has 3 aliphatic rings. The summed E-state index contributed by atoms with van der Waals surface area (Å²) in [6.45, 7) is 3.73. The van der Waals surface area contributed by atoms with Crippen LogP contribution in [0.2, 0.25) is 0 Å². The molecule has 2 N–H and O–H groups in total. The number of aromatic nitrogens is 4. The Labute approximate surface area is 276 Å². The van der Waals surface area contributed by atoms with Crippen LogP contribution in [0.5, 0.6) is 5.75 Å². The number of carbonyl (C=O) groups is 1. The number of anilines is 1. The highest BCUT2D eigenvalue weighted by Crippen LogP contribution is 2.42. The van der Waals surface area contributed by atoms with Gasteiger partial charge < -0.3 is 25.0 Å². The summed E-state index contributed by atoms with van der Waals surface area (Å²) >= 11 is 0. The Bertz CT molecular complexity index is 2050. The number of terminal acetylenes is 1. The Hall–Kier alpha value is -5.11. The molecule has 2 atom stereocenters. The second-order valence-electron chi connectivity index (χ2n) is 12.6. The van der Waals surface area contributed by atoms with Crippen LogP contribution in [0.3, 0.4) is 0 Å². The number of hydrogen-bond donors (Lipinski definition) is 2. The topological polar surface area (TPSA) is 120 Å². The van der Waals surface area contributed by atoms with Crippen molar-refractivity contribution in [3.05, 3.63) is 47.3 Å². The van der Waals surface area contributed by atoms with Crippen molar-refractivity contribution in [2.24, 2.45) is 0 Å². The number of halogens is 2. The lowest BCUT2D eigenvalue weighted by molar-refractivity contribution is 0.0794. The van der Waals surface area contributed by atoms with E-state index in [-0.39, 0.29) is 63.6 Å². The summed E-state index contributed by atoms with van der Waals surface area (Å²) in [5, 5.41) is 23.1. The molecule has 1 amide bonds. The number of ether oxygens (including phenoxy) is 1. The fourth-order valence-electron chi connectivity index (χ4n) is 7.12. The molecule has 2 aromatic carbocycles. The van der Waals surface area contributed by atoms with Crippen molar-refractivity contribution in [3.63, 3.8) is 0 Å². The molecule has 0 bridgehead atoms. The highest BCUT2D eigenvalue weighted by atomic mass is 19.1. The van der Waals surface area contributed by atoms with E-state index in [9.17, 15) is 14.3 Å². The zero-order valence-electron chi connectivity index (χ0n) is 26.7. The van der Waals surface area contributed by atoms with E-state index in [0.29, 0.717) is 37.4 Å². The summed E-state index contributed by atoms with van der Waals surface area (Å²) in [4.78, 5) is 27.1. The van der Waals surface area contributed by atoms with E-state index >= 15 is 4.39 Å². The Morgan fingerprint density at radius 1 is 1.15 bits per heavy atom. The van der Waals surface area contributed by atoms with Gasteiger partial charge in [-0.25, -0.2) is 23.5 Å². The molecule has 0 spiro atoms. The summed E-state index contributed by atoms with van der Waals surface area (Å²) in [5.41, 5.74) is -0.581. The average Bonchev–Trinajstić information content (AvgIpc) is 3.66. The van der Waals surface area contributed by atoms with Crippen molar-refractivity contribution in [1.82, 2.24) is 35.3 Å². The molecule has 7 rings (SSSR count). The maximum absolute atomic E-state index is 16.7. The highest BCUT2D eigenvalue weighted by molar-refractivity contribution is 6.02. The SMILES string of the molecule is C#Cc1c(F)ccc2cc(O)cc(-c3nnc4c(N5CCNCC5)nc(C#C[C@]56CCCN5[C@@H](COC(=O)N(C)C)CC6)nc4c3F)c12. The van der Waals surface area contributed by atoms with Gasteiger partial charge in [-0.15, -0.1) is 16.6 Å². The van der Waals surface area contributed by atoms with Gasteiger partial charge in [0.05, 0.1) is 11.1 Å². The van der Waals surface area contributed by atoms with E-state index in [1.807, 2.05) is 4.90 Å². The highest BCUT2D eigenvalue weighted by Gasteiger charge is 2.48. The molecule has 13 heteroatoms. The van der Waals surface area contributed by atoms with E-state index in [1.165, 1.54) is 29.2 Å². The van der Waals surface area contributed by atoms with Crippen LogP contribution in [-0.2, 0) is 4.74 Å². The molecule has 0 saturated carbocycles. The summed E-state index contributed by atoms with van der Waals surface area (Å²) < 4.78 is 37.1. The van der Waals surface area contributed by atoms with Gasteiger partial charge in [0.25, 0.3) is 0 Å². The van der Waals surface area contributed by atoms with Gasteiger partial charge >= 0.3 is 6.09 Å². The molecule has 3 fully saturated rings. The lowest BCUT2D eigenvalue weighted by Gasteiger charge is -2.30. The number of aromatic hydroxyl groups is 1. The number of fused-ring (bicyclic) bond motifs is 3. The number of nitrogens with zero attached hydrogens (tertiary/aromatic N) is 7. The normalized spacial score (nSPS) is 20.7. The van der Waals surface area contributed by atoms with Crippen molar-refractivity contribution in [2.45, 2.75) is 37.3 Å². The molecule has 11 nitrogen and oxygen atoms in total. The molecular weight excluding hydrogens is 618 g/mol.